The van der Waals surface area contributed by atoms with Crippen molar-refractivity contribution in [2.24, 2.45) is 0 Å². The zero-order valence-corrected chi connectivity index (χ0v) is 13.1. The van der Waals surface area contributed by atoms with Gasteiger partial charge >= 0.3 is 0 Å². The standard InChI is InChI=1S/C15H20N2S2/c1-3-9-16-10-13-15(12-7-5-4-6-8-12)17-14(19-13)11-18-2/h4-8,16H,3,9-11H2,1-2H3. The van der Waals surface area contributed by atoms with Gasteiger partial charge in [-0.25, -0.2) is 4.98 Å². The molecule has 4 heteroatoms. The van der Waals surface area contributed by atoms with Crippen LogP contribution in [0.2, 0.25) is 0 Å². The molecule has 1 N–H and O–H groups in total. The number of aromatic nitrogens is 1. The van der Waals surface area contributed by atoms with Crippen LogP contribution in [0.5, 0.6) is 0 Å². The van der Waals surface area contributed by atoms with Crippen molar-refractivity contribution < 1.29 is 0 Å². The lowest BCUT2D eigenvalue weighted by atomic mass is 10.1. The molecule has 0 saturated carbocycles. The predicted octanol–water partition coefficient (Wildman–Crippen LogP) is 4.17. The lowest BCUT2D eigenvalue weighted by Crippen LogP contribution is -2.13. The fourth-order valence-corrected chi connectivity index (χ4v) is 3.66. The molecule has 0 saturated heterocycles. The molecule has 19 heavy (non-hydrogen) atoms. The van der Waals surface area contributed by atoms with Gasteiger partial charge in [0.25, 0.3) is 0 Å². The van der Waals surface area contributed by atoms with E-state index in [4.69, 9.17) is 4.98 Å². The van der Waals surface area contributed by atoms with Gasteiger partial charge in [0.15, 0.2) is 0 Å². The molecule has 0 aliphatic rings. The van der Waals surface area contributed by atoms with Crippen molar-refractivity contribution in [1.29, 1.82) is 0 Å². The number of hydrogen-bond acceptors (Lipinski definition) is 4. The molecule has 0 fully saturated rings. The highest BCUT2D eigenvalue weighted by Crippen LogP contribution is 2.29. The second-order valence-electron chi connectivity index (χ2n) is 4.36. The van der Waals surface area contributed by atoms with Crippen molar-refractivity contribution in [2.45, 2.75) is 25.6 Å². The summed E-state index contributed by atoms with van der Waals surface area (Å²) in [6.07, 6.45) is 3.29. The Morgan fingerprint density at radius 3 is 2.74 bits per heavy atom. The van der Waals surface area contributed by atoms with Crippen molar-refractivity contribution in [1.82, 2.24) is 10.3 Å². The molecule has 1 aromatic carbocycles. The molecule has 2 aromatic rings. The van der Waals surface area contributed by atoms with E-state index in [1.54, 1.807) is 0 Å². The molecule has 0 aliphatic heterocycles. The number of benzene rings is 1. The summed E-state index contributed by atoms with van der Waals surface area (Å²) in [4.78, 5) is 6.16. The van der Waals surface area contributed by atoms with Crippen LogP contribution in [0.25, 0.3) is 11.3 Å². The van der Waals surface area contributed by atoms with Crippen molar-refractivity contribution >= 4 is 23.1 Å². The number of nitrogens with zero attached hydrogens (tertiary/aromatic N) is 1. The van der Waals surface area contributed by atoms with Gasteiger partial charge in [0, 0.05) is 22.7 Å². The summed E-state index contributed by atoms with van der Waals surface area (Å²) in [7, 11) is 0. The van der Waals surface area contributed by atoms with Crippen LogP contribution in [0, 0.1) is 0 Å². The molecule has 2 rings (SSSR count). The summed E-state index contributed by atoms with van der Waals surface area (Å²) in [5.74, 6) is 0.998. The topological polar surface area (TPSA) is 24.9 Å². The number of rotatable bonds is 7. The Morgan fingerprint density at radius 1 is 1.26 bits per heavy atom. The van der Waals surface area contributed by atoms with E-state index in [0.717, 1.165) is 31.0 Å². The van der Waals surface area contributed by atoms with E-state index in [1.165, 1.54) is 15.4 Å². The first-order chi connectivity index (χ1) is 9.35. The van der Waals surface area contributed by atoms with Gasteiger partial charge in [-0.15, -0.1) is 11.3 Å². The Labute approximate surface area is 123 Å². The minimum atomic E-state index is 0.921. The first-order valence-corrected chi connectivity index (χ1v) is 8.79. The molecule has 1 heterocycles. The van der Waals surface area contributed by atoms with Crippen molar-refractivity contribution in [3.63, 3.8) is 0 Å². The van der Waals surface area contributed by atoms with E-state index in [0.29, 0.717) is 0 Å². The third-order valence-corrected chi connectivity index (χ3v) is 4.57. The van der Waals surface area contributed by atoms with E-state index in [1.807, 2.05) is 29.2 Å². The van der Waals surface area contributed by atoms with Crippen LogP contribution in [0.3, 0.4) is 0 Å². The lowest BCUT2D eigenvalue weighted by molar-refractivity contribution is 0.681. The number of nitrogens with one attached hydrogen (secondary N) is 1. The molecule has 0 amide bonds. The molecule has 0 atom stereocenters. The van der Waals surface area contributed by atoms with Crippen molar-refractivity contribution in [3.05, 3.63) is 40.2 Å². The summed E-state index contributed by atoms with van der Waals surface area (Å²) in [5.41, 5.74) is 2.37. The SMILES string of the molecule is CCCNCc1sc(CSC)nc1-c1ccccc1. The average Bonchev–Trinajstić information content (AvgIpc) is 2.84. The smallest absolute Gasteiger partial charge is 0.103 e. The van der Waals surface area contributed by atoms with E-state index in [2.05, 4.69) is 42.8 Å². The average molecular weight is 292 g/mol. The first kappa shape index (κ1) is 14.6. The molecular formula is C15H20N2S2. The zero-order chi connectivity index (χ0) is 13.5. The summed E-state index contributed by atoms with van der Waals surface area (Å²) < 4.78 is 0. The van der Waals surface area contributed by atoms with Gasteiger partial charge in [-0.2, -0.15) is 11.8 Å². The van der Waals surface area contributed by atoms with Gasteiger partial charge < -0.3 is 5.32 Å². The monoisotopic (exact) mass is 292 g/mol. The first-order valence-electron chi connectivity index (χ1n) is 6.58. The largest absolute Gasteiger partial charge is 0.312 e. The lowest BCUT2D eigenvalue weighted by Gasteiger charge is -2.03. The third kappa shape index (κ3) is 4.06. The van der Waals surface area contributed by atoms with E-state index in [9.17, 15) is 0 Å². The van der Waals surface area contributed by atoms with Gasteiger partial charge in [0.2, 0.25) is 0 Å². The molecule has 0 radical (unpaired) electrons. The third-order valence-electron chi connectivity index (χ3n) is 2.77. The fraction of sp³-hybridized carbons (Fsp3) is 0.400. The molecular weight excluding hydrogens is 272 g/mol. The van der Waals surface area contributed by atoms with Crippen LogP contribution in [-0.2, 0) is 12.3 Å². The molecule has 0 aliphatic carbocycles. The number of thioether (sulfide) groups is 1. The maximum atomic E-state index is 4.81. The van der Waals surface area contributed by atoms with Gasteiger partial charge in [-0.3, -0.25) is 0 Å². The zero-order valence-electron chi connectivity index (χ0n) is 11.5. The maximum Gasteiger partial charge on any atom is 0.103 e. The Hall–Kier alpha value is -0.840. The predicted molar refractivity (Wildman–Crippen MR) is 86.8 cm³/mol. The minimum absolute atomic E-state index is 0.921. The van der Waals surface area contributed by atoms with Crippen molar-refractivity contribution in [3.8, 4) is 11.3 Å². The van der Waals surface area contributed by atoms with E-state index in [-0.39, 0.29) is 0 Å². The summed E-state index contributed by atoms with van der Waals surface area (Å²) in [6.45, 7) is 4.17. The Morgan fingerprint density at radius 2 is 2.05 bits per heavy atom. The normalized spacial score (nSPS) is 10.8. The van der Waals surface area contributed by atoms with Crippen LogP contribution in [-0.4, -0.2) is 17.8 Å². The quantitative estimate of drug-likeness (QED) is 0.775. The maximum absolute atomic E-state index is 4.81. The molecule has 0 spiro atoms. The van der Waals surface area contributed by atoms with Gasteiger partial charge in [-0.1, -0.05) is 37.3 Å². The van der Waals surface area contributed by atoms with Crippen LogP contribution >= 0.6 is 23.1 Å². The Balaban J connectivity index is 2.23. The highest BCUT2D eigenvalue weighted by Gasteiger charge is 2.12. The summed E-state index contributed by atoms with van der Waals surface area (Å²) in [6, 6.07) is 10.5. The second kappa shape index (κ2) is 7.68. The fourth-order valence-electron chi connectivity index (χ4n) is 1.91. The van der Waals surface area contributed by atoms with Crippen molar-refractivity contribution in [2.75, 3.05) is 12.8 Å². The molecule has 2 nitrogen and oxygen atoms in total. The number of thiazole rings is 1. The van der Waals surface area contributed by atoms with Crippen LogP contribution in [0.1, 0.15) is 23.2 Å². The Bertz CT molecular complexity index is 494. The van der Waals surface area contributed by atoms with E-state index >= 15 is 0 Å². The highest BCUT2D eigenvalue weighted by atomic mass is 32.2. The highest BCUT2D eigenvalue weighted by molar-refractivity contribution is 7.97. The second-order valence-corrected chi connectivity index (χ2v) is 6.39. The van der Waals surface area contributed by atoms with Gasteiger partial charge in [-0.05, 0) is 19.2 Å². The molecule has 0 unspecified atom stereocenters. The van der Waals surface area contributed by atoms with Gasteiger partial charge in [0.1, 0.15) is 5.01 Å². The molecule has 0 bridgehead atoms. The molecule has 102 valence electrons. The molecule has 1 aromatic heterocycles. The van der Waals surface area contributed by atoms with Crippen LogP contribution in [0.15, 0.2) is 30.3 Å². The van der Waals surface area contributed by atoms with Gasteiger partial charge in [0.05, 0.1) is 5.69 Å². The van der Waals surface area contributed by atoms with E-state index < -0.39 is 0 Å². The number of hydrogen-bond donors (Lipinski definition) is 1. The van der Waals surface area contributed by atoms with Crippen LogP contribution in [0.4, 0.5) is 0 Å². The summed E-state index contributed by atoms with van der Waals surface area (Å²) >= 11 is 3.66. The summed E-state index contributed by atoms with van der Waals surface area (Å²) in [5, 5.41) is 4.70. The Kier molecular flexibility index (Phi) is 5.89. The van der Waals surface area contributed by atoms with Crippen LogP contribution < -0.4 is 5.32 Å². The minimum Gasteiger partial charge on any atom is -0.312 e.